The second-order valence-corrected chi connectivity index (χ2v) is 21.3. The molecule has 4 bridgehead atoms. The van der Waals surface area contributed by atoms with Gasteiger partial charge in [0.05, 0.1) is 12.1 Å². The van der Waals surface area contributed by atoms with E-state index in [1.165, 1.54) is 7.11 Å². The van der Waals surface area contributed by atoms with Crippen LogP contribution in [-0.4, -0.2) is 79.3 Å². The quantitative estimate of drug-likeness (QED) is 0.155. The van der Waals surface area contributed by atoms with E-state index in [1.54, 1.807) is 14.2 Å². The van der Waals surface area contributed by atoms with Crippen LogP contribution in [0.25, 0.3) is 0 Å². The van der Waals surface area contributed by atoms with E-state index in [0.717, 1.165) is 12.8 Å². The van der Waals surface area contributed by atoms with Crippen LogP contribution < -0.4 is 0 Å². The van der Waals surface area contributed by atoms with Gasteiger partial charge in [0, 0.05) is 32.4 Å². The van der Waals surface area contributed by atoms with Crippen molar-refractivity contribution in [2.24, 2.45) is 35.5 Å². The van der Waals surface area contributed by atoms with Gasteiger partial charge in [-0.1, -0.05) is 0 Å². The standard InChI is InChI=1S/C28H46F6O7Si2/c1-25(2,3)41-24(35)21-11-19-9-17(21)13-23(19)43(38-5,39-6)15-40-42(7,37-4)22-12-16-8-18(22)10-20(16)14-26(36,27(29,30)31)28(32,33)34/h16-23,36H,8-15H2,1-7H3. The van der Waals surface area contributed by atoms with E-state index < -0.39 is 53.0 Å². The van der Waals surface area contributed by atoms with Gasteiger partial charge in [-0.15, -0.1) is 0 Å². The maximum absolute atomic E-state index is 13.4. The molecule has 0 heterocycles. The minimum Gasteiger partial charge on any atom is -0.460 e. The summed E-state index contributed by atoms with van der Waals surface area (Å²) >= 11 is 0. The molecule has 4 aliphatic rings. The molecule has 43 heavy (non-hydrogen) atoms. The van der Waals surface area contributed by atoms with E-state index in [-0.39, 0.29) is 59.3 Å². The maximum atomic E-state index is 13.4. The number of alkyl halides is 6. The van der Waals surface area contributed by atoms with Crippen molar-refractivity contribution in [2.75, 3.05) is 27.6 Å². The van der Waals surface area contributed by atoms with E-state index in [2.05, 4.69) is 0 Å². The molecule has 0 amide bonds. The average Bonchev–Trinajstić information content (AvgIpc) is 3.68. The molecule has 0 aromatic carbocycles. The summed E-state index contributed by atoms with van der Waals surface area (Å²) in [4.78, 5) is 12.8. The normalized spacial score (nSPS) is 34.6. The predicted molar refractivity (Wildman–Crippen MR) is 148 cm³/mol. The lowest BCUT2D eigenvalue weighted by Crippen LogP contribution is -2.58. The summed E-state index contributed by atoms with van der Waals surface area (Å²) < 4.78 is 111. The Morgan fingerprint density at radius 1 is 0.767 bits per heavy atom. The van der Waals surface area contributed by atoms with E-state index in [4.69, 9.17) is 22.4 Å². The molecule has 4 fully saturated rings. The van der Waals surface area contributed by atoms with Crippen molar-refractivity contribution in [3.8, 4) is 0 Å². The molecule has 0 saturated heterocycles. The van der Waals surface area contributed by atoms with Crippen molar-refractivity contribution in [3.05, 3.63) is 0 Å². The average molecular weight is 665 g/mol. The van der Waals surface area contributed by atoms with Crippen LogP contribution in [0.3, 0.4) is 0 Å². The number of hydrogen-bond acceptors (Lipinski definition) is 7. The first-order valence-electron chi connectivity index (χ1n) is 15.0. The number of rotatable bonds is 11. The summed E-state index contributed by atoms with van der Waals surface area (Å²) in [5.41, 5.74) is -5.32. The number of halogens is 6. The first-order chi connectivity index (χ1) is 19.6. The van der Waals surface area contributed by atoms with Crippen LogP contribution in [0, 0.1) is 35.5 Å². The molecule has 9 unspecified atom stereocenters. The van der Waals surface area contributed by atoms with Crippen molar-refractivity contribution < 1.29 is 58.7 Å². The van der Waals surface area contributed by atoms with Crippen molar-refractivity contribution in [1.29, 1.82) is 0 Å². The van der Waals surface area contributed by atoms with Crippen LogP contribution in [0.2, 0.25) is 17.6 Å². The molecule has 4 rings (SSSR count). The third-order valence-electron chi connectivity index (χ3n) is 11.0. The highest BCUT2D eigenvalue weighted by atomic mass is 28.4. The minimum absolute atomic E-state index is 0.0908. The number of aliphatic hydroxyl groups is 1. The molecule has 15 heteroatoms. The molecular weight excluding hydrogens is 618 g/mol. The number of fused-ring (bicyclic) bond motifs is 4. The molecule has 250 valence electrons. The fourth-order valence-electron chi connectivity index (χ4n) is 8.71. The number of ether oxygens (including phenoxy) is 1. The number of esters is 1. The SMILES string of the molecule is CO[Si](C)(OC[Si](OC)(OC)C1CC2CC1CC2C(=O)OC(C)(C)C)C1CC2CC1CC2CC(O)(C(F)(F)F)C(F)(F)F. The Morgan fingerprint density at radius 2 is 1.30 bits per heavy atom. The van der Waals surface area contributed by atoms with Crippen LogP contribution >= 0.6 is 0 Å². The van der Waals surface area contributed by atoms with Gasteiger partial charge in [-0.25, -0.2) is 0 Å². The fourth-order valence-corrected chi connectivity index (χ4v) is 16.0. The summed E-state index contributed by atoms with van der Waals surface area (Å²) in [7, 11) is -1.20. The highest BCUT2D eigenvalue weighted by Crippen LogP contribution is 2.62. The maximum Gasteiger partial charge on any atom is 0.426 e. The molecular formula is C28H46F6O7Si2. The van der Waals surface area contributed by atoms with Gasteiger partial charge >= 0.3 is 35.4 Å². The van der Waals surface area contributed by atoms with E-state index >= 15 is 0 Å². The Balaban J connectivity index is 1.41. The monoisotopic (exact) mass is 664 g/mol. The molecule has 1 N–H and O–H groups in total. The van der Waals surface area contributed by atoms with Crippen LogP contribution in [-0.2, 0) is 27.2 Å². The molecule has 4 saturated carbocycles. The van der Waals surface area contributed by atoms with Crippen molar-refractivity contribution >= 4 is 23.1 Å². The molecule has 4 aliphatic carbocycles. The molecule has 9 atom stereocenters. The molecule has 0 aliphatic heterocycles. The third-order valence-corrected chi connectivity index (χ3v) is 18.6. The zero-order chi connectivity index (χ0) is 32.4. The van der Waals surface area contributed by atoms with Gasteiger partial charge in [-0.3, -0.25) is 4.79 Å². The summed E-state index contributed by atoms with van der Waals surface area (Å²) in [5, 5.41) is 9.78. The van der Waals surface area contributed by atoms with Gasteiger partial charge in [0.1, 0.15) is 5.60 Å². The van der Waals surface area contributed by atoms with Gasteiger partial charge in [0.2, 0.25) is 0 Å². The zero-order valence-electron chi connectivity index (χ0n) is 25.9. The lowest BCUT2D eigenvalue weighted by molar-refractivity contribution is -0.373. The summed E-state index contributed by atoms with van der Waals surface area (Å²) in [5.74, 6) is -1.39. The molecule has 0 aromatic rings. The Hall–Kier alpha value is -0.716. The topological polar surface area (TPSA) is 83.5 Å². The van der Waals surface area contributed by atoms with Crippen LogP contribution in [0.5, 0.6) is 0 Å². The van der Waals surface area contributed by atoms with Crippen LogP contribution in [0.4, 0.5) is 26.3 Å². The van der Waals surface area contributed by atoms with Gasteiger partial charge in [-0.05, 0) is 102 Å². The second-order valence-electron chi connectivity index (χ2n) is 14.4. The molecule has 0 spiro atoms. The molecule has 0 aromatic heterocycles. The lowest BCUT2D eigenvalue weighted by atomic mass is 9.79. The van der Waals surface area contributed by atoms with Gasteiger partial charge in [-0.2, -0.15) is 26.3 Å². The Kier molecular flexibility index (Phi) is 9.66. The van der Waals surface area contributed by atoms with Gasteiger partial charge in [0.15, 0.2) is 0 Å². The van der Waals surface area contributed by atoms with Crippen LogP contribution in [0.1, 0.15) is 65.7 Å². The highest BCUT2D eigenvalue weighted by Gasteiger charge is 2.72. The van der Waals surface area contributed by atoms with Crippen molar-refractivity contribution in [1.82, 2.24) is 0 Å². The highest BCUT2D eigenvalue weighted by molar-refractivity contribution is 6.72. The summed E-state index contributed by atoms with van der Waals surface area (Å²) in [6.07, 6.45) is -9.49. The van der Waals surface area contributed by atoms with Crippen molar-refractivity contribution in [3.63, 3.8) is 0 Å². The van der Waals surface area contributed by atoms with Crippen LogP contribution in [0.15, 0.2) is 0 Å². The largest absolute Gasteiger partial charge is 0.460 e. The zero-order valence-corrected chi connectivity index (χ0v) is 27.9. The van der Waals surface area contributed by atoms with Gasteiger partial charge in [0.25, 0.3) is 5.60 Å². The Labute approximate surface area is 251 Å². The van der Waals surface area contributed by atoms with E-state index in [9.17, 15) is 36.2 Å². The number of hydrogen-bond donors (Lipinski definition) is 1. The lowest BCUT2D eigenvalue weighted by Gasteiger charge is -2.43. The smallest absolute Gasteiger partial charge is 0.426 e. The summed E-state index contributed by atoms with van der Waals surface area (Å²) in [6, 6.07) is 0. The predicted octanol–water partition coefficient (Wildman–Crippen LogP) is 6.42. The first kappa shape index (κ1) is 35.1. The number of carbonyl (C=O) groups is 1. The second kappa shape index (κ2) is 11.8. The Morgan fingerprint density at radius 3 is 1.72 bits per heavy atom. The minimum atomic E-state index is -5.81. The fraction of sp³-hybridized carbons (Fsp3) is 0.964. The van der Waals surface area contributed by atoms with E-state index in [0.29, 0.717) is 19.3 Å². The third kappa shape index (κ3) is 6.46. The first-order valence-corrected chi connectivity index (χ1v) is 19.5. The molecule has 7 nitrogen and oxygen atoms in total. The van der Waals surface area contributed by atoms with Gasteiger partial charge < -0.3 is 27.5 Å². The summed E-state index contributed by atoms with van der Waals surface area (Å²) in [6.45, 7) is 7.44. The Bertz CT molecular complexity index is 1000. The van der Waals surface area contributed by atoms with E-state index in [1.807, 2.05) is 27.3 Å². The van der Waals surface area contributed by atoms with Crippen molar-refractivity contribution in [2.45, 2.75) is 107 Å². The molecule has 0 radical (unpaired) electrons. The number of carbonyl (C=O) groups excluding carboxylic acids is 1.